The van der Waals surface area contributed by atoms with E-state index in [1.54, 1.807) is 0 Å². The lowest BCUT2D eigenvalue weighted by Gasteiger charge is -2.40. The van der Waals surface area contributed by atoms with E-state index in [0.29, 0.717) is 0 Å². The number of hydrogen-bond acceptors (Lipinski definition) is 6. The van der Waals surface area contributed by atoms with Crippen LogP contribution in [0.2, 0.25) is 0 Å². The third-order valence-electron chi connectivity index (χ3n) is 2.42. The van der Waals surface area contributed by atoms with E-state index in [1.807, 2.05) is 0 Å². The molecular formula is C7H14NO5P. The second-order valence-corrected chi connectivity index (χ2v) is 3.97. The first kappa shape index (κ1) is 12.0. The van der Waals surface area contributed by atoms with Crippen LogP contribution in [-0.2, 0) is 4.57 Å². The summed E-state index contributed by atoms with van der Waals surface area (Å²) in [4.78, 5) is 0. The maximum Gasteiger partial charge on any atom is 0.156 e. The number of aliphatic hydroxyl groups excluding tert-OH is 4. The lowest BCUT2D eigenvalue weighted by atomic mass is 9.91. The summed E-state index contributed by atoms with van der Waals surface area (Å²) in [7, 11) is -0.159. The first-order valence-corrected chi connectivity index (χ1v) is 5.31. The molecule has 1 saturated heterocycles. The molecule has 7 heteroatoms. The SMILES string of the molecule is O=PCC1NC(CO)C(O)C(O)C1O. The van der Waals surface area contributed by atoms with E-state index in [4.69, 9.17) is 5.11 Å². The molecule has 0 aromatic carbocycles. The highest BCUT2D eigenvalue weighted by molar-refractivity contribution is 7.23. The van der Waals surface area contributed by atoms with Crippen molar-refractivity contribution in [2.24, 2.45) is 0 Å². The van der Waals surface area contributed by atoms with Crippen LogP contribution in [0.4, 0.5) is 0 Å². The molecule has 1 aliphatic rings. The summed E-state index contributed by atoms with van der Waals surface area (Å²) >= 11 is 0. The zero-order valence-electron chi connectivity index (χ0n) is 7.45. The van der Waals surface area contributed by atoms with Crippen molar-refractivity contribution in [1.29, 1.82) is 0 Å². The lowest BCUT2D eigenvalue weighted by molar-refractivity contribution is -0.116. The summed E-state index contributed by atoms with van der Waals surface area (Å²) in [6, 6.07) is -1.27. The van der Waals surface area contributed by atoms with Gasteiger partial charge in [0.2, 0.25) is 0 Å². The largest absolute Gasteiger partial charge is 0.395 e. The Balaban J connectivity index is 2.67. The predicted molar refractivity (Wildman–Crippen MR) is 48.3 cm³/mol. The molecule has 1 fully saturated rings. The van der Waals surface area contributed by atoms with Crippen molar-refractivity contribution in [2.75, 3.05) is 12.8 Å². The Morgan fingerprint density at radius 2 is 1.64 bits per heavy atom. The molecule has 6 nitrogen and oxygen atoms in total. The average molecular weight is 223 g/mol. The molecule has 5 atom stereocenters. The minimum atomic E-state index is -1.32. The van der Waals surface area contributed by atoms with Crippen LogP contribution in [-0.4, -0.2) is 63.6 Å². The molecule has 0 saturated carbocycles. The first-order chi connectivity index (χ1) is 6.61. The summed E-state index contributed by atoms with van der Waals surface area (Å²) in [6.07, 6.45) is -3.58. The Bertz CT molecular complexity index is 203. The molecule has 14 heavy (non-hydrogen) atoms. The topological polar surface area (TPSA) is 110 Å². The number of aliphatic hydroxyl groups is 4. The maximum absolute atomic E-state index is 10.3. The average Bonchev–Trinajstić information content (AvgIpc) is 2.19. The van der Waals surface area contributed by atoms with E-state index in [9.17, 15) is 19.9 Å². The fourth-order valence-electron chi connectivity index (χ4n) is 1.55. The molecule has 5 N–H and O–H groups in total. The van der Waals surface area contributed by atoms with Gasteiger partial charge in [-0.15, -0.1) is 0 Å². The molecule has 0 aromatic rings. The molecule has 0 aromatic heterocycles. The van der Waals surface area contributed by atoms with E-state index in [2.05, 4.69) is 5.32 Å². The second kappa shape index (κ2) is 5.11. The van der Waals surface area contributed by atoms with E-state index in [-0.39, 0.29) is 21.2 Å². The minimum Gasteiger partial charge on any atom is -0.395 e. The highest BCUT2D eigenvalue weighted by Crippen LogP contribution is 2.17. The highest BCUT2D eigenvalue weighted by atomic mass is 31.1. The molecule has 1 heterocycles. The normalized spacial score (nSPS) is 44.1. The number of hydrogen-bond donors (Lipinski definition) is 5. The van der Waals surface area contributed by atoms with Gasteiger partial charge in [-0.2, -0.15) is 0 Å². The summed E-state index contributed by atoms with van der Waals surface area (Å²) in [5.41, 5.74) is 0. The zero-order valence-corrected chi connectivity index (χ0v) is 8.34. The summed E-state index contributed by atoms with van der Waals surface area (Å²) in [5.74, 6) is 0. The van der Waals surface area contributed by atoms with Crippen LogP contribution >= 0.6 is 8.46 Å². The monoisotopic (exact) mass is 223 g/mol. The molecule has 0 bridgehead atoms. The van der Waals surface area contributed by atoms with E-state index in [0.717, 1.165) is 0 Å². The minimum absolute atomic E-state index is 0.126. The molecule has 5 unspecified atom stereocenters. The van der Waals surface area contributed by atoms with Gasteiger partial charge in [0.15, 0.2) is 8.46 Å². The molecule has 0 aliphatic carbocycles. The Hall–Kier alpha value is -0.100. The maximum atomic E-state index is 10.3. The van der Waals surface area contributed by atoms with Crippen LogP contribution in [0.25, 0.3) is 0 Å². The molecule has 82 valence electrons. The van der Waals surface area contributed by atoms with Gasteiger partial charge in [-0.3, -0.25) is 4.57 Å². The smallest absolute Gasteiger partial charge is 0.156 e. The lowest BCUT2D eigenvalue weighted by Crippen LogP contribution is -2.66. The van der Waals surface area contributed by atoms with Crippen molar-refractivity contribution < 1.29 is 25.0 Å². The van der Waals surface area contributed by atoms with Gasteiger partial charge in [0, 0.05) is 12.2 Å². The molecule has 1 aliphatic heterocycles. The van der Waals surface area contributed by atoms with Crippen molar-refractivity contribution in [3.05, 3.63) is 0 Å². The second-order valence-electron chi connectivity index (χ2n) is 3.35. The van der Waals surface area contributed by atoms with Crippen molar-refractivity contribution >= 4 is 8.46 Å². The highest BCUT2D eigenvalue weighted by Gasteiger charge is 2.41. The van der Waals surface area contributed by atoms with E-state index < -0.39 is 30.4 Å². The number of piperidine rings is 1. The van der Waals surface area contributed by atoms with Gasteiger partial charge in [0.05, 0.1) is 24.9 Å². The Labute approximate surface area is 82.8 Å². The van der Waals surface area contributed by atoms with Crippen LogP contribution in [0.5, 0.6) is 0 Å². The molecule has 0 amide bonds. The van der Waals surface area contributed by atoms with Crippen LogP contribution < -0.4 is 5.32 Å². The van der Waals surface area contributed by atoms with Gasteiger partial charge < -0.3 is 25.7 Å². The van der Waals surface area contributed by atoms with Gasteiger partial charge in [0.25, 0.3) is 0 Å². The van der Waals surface area contributed by atoms with Gasteiger partial charge in [-0.05, 0) is 0 Å². The van der Waals surface area contributed by atoms with Gasteiger partial charge in [0.1, 0.15) is 6.10 Å². The standard InChI is InChI=1S/C7H14NO5P/c9-1-3-5(10)7(12)6(11)4(8-3)2-14-13/h3-12H,1-2H2. The van der Waals surface area contributed by atoms with Crippen molar-refractivity contribution in [2.45, 2.75) is 30.4 Å². The summed E-state index contributed by atoms with van der Waals surface area (Å²) in [5, 5.41) is 39.8. The molecular weight excluding hydrogens is 209 g/mol. The number of rotatable bonds is 3. The third-order valence-corrected chi connectivity index (χ3v) is 2.96. The van der Waals surface area contributed by atoms with Crippen LogP contribution in [0.15, 0.2) is 0 Å². The molecule has 0 spiro atoms. The van der Waals surface area contributed by atoms with Gasteiger partial charge in [-0.25, -0.2) is 0 Å². The van der Waals surface area contributed by atoms with Crippen LogP contribution in [0, 0.1) is 0 Å². The van der Waals surface area contributed by atoms with E-state index in [1.165, 1.54) is 0 Å². The quantitative estimate of drug-likeness (QED) is 0.344. The van der Waals surface area contributed by atoms with Gasteiger partial charge in [-0.1, -0.05) is 0 Å². The van der Waals surface area contributed by atoms with Crippen LogP contribution in [0.3, 0.4) is 0 Å². The Kier molecular flexibility index (Phi) is 4.37. The third kappa shape index (κ3) is 2.28. The van der Waals surface area contributed by atoms with E-state index >= 15 is 0 Å². The van der Waals surface area contributed by atoms with Gasteiger partial charge >= 0.3 is 0 Å². The number of nitrogens with one attached hydrogen (secondary N) is 1. The fraction of sp³-hybridized carbons (Fsp3) is 1.00. The van der Waals surface area contributed by atoms with Crippen molar-refractivity contribution in [1.82, 2.24) is 5.32 Å². The van der Waals surface area contributed by atoms with Crippen molar-refractivity contribution in [3.8, 4) is 0 Å². The summed E-state index contributed by atoms with van der Waals surface area (Å²) < 4.78 is 10.3. The fourth-order valence-corrected chi connectivity index (χ4v) is 2.03. The Morgan fingerprint density at radius 3 is 2.14 bits per heavy atom. The van der Waals surface area contributed by atoms with Crippen LogP contribution in [0.1, 0.15) is 0 Å². The van der Waals surface area contributed by atoms with Crippen molar-refractivity contribution in [3.63, 3.8) is 0 Å². The molecule has 1 rings (SSSR count). The first-order valence-electron chi connectivity index (χ1n) is 4.32. The molecule has 0 radical (unpaired) electrons. The Morgan fingerprint density at radius 1 is 1.07 bits per heavy atom. The summed E-state index contributed by atoms with van der Waals surface area (Å²) in [6.45, 7) is -0.350. The zero-order chi connectivity index (χ0) is 10.7. The predicted octanol–water partition coefficient (Wildman–Crippen LogP) is -2.31.